The van der Waals surface area contributed by atoms with Crippen molar-refractivity contribution in [1.29, 1.82) is 0 Å². The van der Waals surface area contributed by atoms with Crippen LogP contribution in [0.1, 0.15) is 37.4 Å². The first-order valence-corrected chi connectivity index (χ1v) is 8.06. The molecule has 1 aromatic heterocycles. The second-order valence-electron chi connectivity index (χ2n) is 6.17. The number of aromatic nitrogens is 1. The molecule has 0 aliphatic heterocycles. The summed E-state index contributed by atoms with van der Waals surface area (Å²) in [5.41, 5.74) is 0.662. The van der Waals surface area contributed by atoms with Crippen LogP contribution in [0.2, 0.25) is 0 Å². The SMILES string of the molecule is O=C(O)Cc1ccc(-n2c(O)c3c(c2O)C(=O)c2ccccc2C3=O)cc1. The van der Waals surface area contributed by atoms with E-state index in [0.717, 1.165) is 4.57 Å². The van der Waals surface area contributed by atoms with Crippen LogP contribution >= 0.6 is 0 Å². The predicted octanol–water partition coefficient (Wildman–Crippen LogP) is 2.29. The Kier molecular flexibility index (Phi) is 3.59. The van der Waals surface area contributed by atoms with Crippen LogP contribution in [0, 0.1) is 0 Å². The van der Waals surface area contributed by atoms with Gasteiger partial charge in [0.2, 0.25) is 11.8 Å². The molecule has 1 aliphatic rings. The van der Waals surface area contributed by atoms with E-state index in [9.17, 15) is 24.6 Å². The lowest BCUT2D eigenvalue weighted by Crippen LogP contribution is -2.19. The van der Waals surface area contributed by atoms with Crippen molar-refractivity contribution >= 4 is 17.5 Å². The van der Waals surface area contributed by atoms with Crippen molar-refractivity contribution in [3.63, 3.8) is 0 Å². The third-order valence-electron chi connectivity index (χ3n) is 4.54. The number of nitrogens with zero attached hydrogens (tertiary/aromatic N) is 1. The molecular formula is C20H13NO6. The van der Waals surface area contributed by atoms with Gasteiger partial charge in [-0.05, 0) is 17.7 Å². The smallest absolute Gasteiger partial charge is 0.307 e. The van der Waals surface area contributed by atoms with Gasteiger partial charge in [-0.25, -0.2) is 0 Å². The maximum atomic E-state index is 12.7. The van der Waals surface area contributed by atoms with Gasteiger partial charge in [-0.1, -0.05) is 36.4 Å². The summed E-state index contributed by atoms with van der Waals surface area (Å²) < 4.78 is 0.997. The number of carbonyl (C=O) groups excluding carboxylic acids is 2. The Bertz CT molecular complexity index is 1070. The molecule has 1 aliphatic carbocycles. The van der Waals surface area contributed by atoms with Crippen LogP contribution in [-0.2, 0) is 11.2 Å². The van der Waals surface area contributed by atoms with Gasteiger partial charge in [0.25, 0.3) is 0 Å². The number of carbonyl (C=O) groups is 3. The lowest BCUT2D eigenvalue weighted by Gasteiger charge is -2.13. The minimum Gasteiger partial charge on any atom is -0.494 e. The molecule has 4 rings (SSSR count). The average Bonchev–Trinajstić information content (AvgIpc) is 2.91. The van der Waals surface area contributed by atoms with E-state index in [1.807, 2.05) is 0 Å². The number of ketones is 2. The standard InChI is InChI=1S/C20H13NO6/c22-14(23)9-10-5-7-11(8-6-10)21-19(26)15-16(20(21)27)18(25)13-4-2-1-3-12(13)17(15)24/h1-8,26-27H,9H2,(H,22,23). The summed E-state index contributed by atoms with van der Waals surface area (Å²) in [5.74, 6) is -3.16. The molecule has 7 heteroatoms. The third kappa shape index (κ3) is 2.40. The maximum Gasteiger partial charge on any atom is 0.307 e. The molecule has 0 saturated heterocycles. The highest BCUT2D eigenvalue weighted by molar-refractivity contribution is 6.30. The van der Waals surface area contributed by atoms with Crippen LogP contribution in [0.15, 0.2) is 48.5 Å². The van der Waals surface area contributed by atoms with E-state index in [1.165, 1.54) is 36.4 Å². The second kappa shape index (κ2) is 5.84. The maximum absolute atomic E-state index is 12.7. The Balaban J connectivity index is 1.87. The number of benzene rings is 2. The van der Waals surface area contributed by atoms with Gasteiger partial charge in [0.1, 0.15) is 0 Å². The second-order valence-corrected chi connectivity index (χ2v) is 6.17. The fraction of sp³-hybridized carbons (Fsp3) is 0.0500. The molecule has 3 N–H and O–H groups in total. The molecule has 0 unspecified atom stereocenters. The summed E-state index contributed by atoms with van der Waals surface area (Å²) in [7, 11) is 0. The van der Waals surface area contributed by atoms with Crippen molar-refractivity contribution < 1.29 is 29.7 Å². The highest BCUT2D eigenvalue weighted by atomic mass is 16.4. The van der Waals surface area contributed by atoms with Gasteiger partial charge in [-0.15, -0.1) is 0 Å². The van der Waals surface area contributed by atoms with Gasteiger partial charge < -0.3 is 15.3 Å². The summed E-state index contributed by atoms with van der Waals surface area (Å²) >= 11 is 0. The molecule has 0 saturated carbocycles. The van der Waals surface area contributed by atoms with Crippen LogP contribution in [0.25, 0.3) is 5.69 Å². The van der Waals surface area contributed by atoms with Gasteiger partial charge in [-0.2, -0.15) is 0 Å². The van der Waals surface area contributed by atoms with Crippen molar-refractivity contribution in [3.8, 4) is 17.4 Å². The van der Waals surface area contributed by atoms with Crippen molar-refractivity contribution in [1.82, 2.24) is 4.57 Å². The quantitative estimate of drug-likeness (QED) is 0.514. The Labute approximate surface area is 152 Å². The summed E-state index contributed by atoms with van der Waals surface area (Å²) in [6.45, 7) is 0. The molecule has 0 bridgehead atoms. The number of carboxylic acid groups (broad SMARTS) is 1. The van der Waals surface area contributed by atoms with E-state index in [4.69, 9.17) is 5.11 Å². The number of carboxylic acids is 1. The molecule has 1 heterocycles. The van der Waals surface area contributed by atoms with E-state index in [-0.39, 0.29) is 34.4 Å². The fourth-order valence-electron chi connectivity index (χ4n) is 3.31. The van der Waals surface area contributed by atoms with Crippen LogP contribution in [0.5, 0.6) is 11.8 Å². The molecule has 7 nitrogen and oxygen atoms in total. The van der Waals surface area contributed by atoms with Crippen molar-refractivity contribution in [2.24, 2.45) is 0 Å². The highest BCUT2D eigenvalue weighted by Crippen LogP contribution is 2.42. The monoisotopic (exact) mass is 363 g/mol. The first-order valence-electron chi connectivity index (χ1n) is 8.06. The normalized spacial score (nSPS) is 12.6. The van der Waals surface area contributed by atoms with Gasteiger partial charge in [0.05, 0.1) is 23.2 Å². The van der Waals surface area contributed by atoms with Crippen molar-refractivity contribution in [2.45, 2.75) is 6.42 Å². The zero-order valence-corrected chi connectivity index (χ0v) is 13.8. The zero-order chi connectivity index (χ0) is 19.3. The van der Waals surface area contributed by atoms with Crippen LogP contribution < -0.4 is 0 Å². The Morgan fingerprint density at radius 3 is 1.74 bits per heavy atom. The van der Waals surface area contributed by atoms with Gasteiger partial charge in [-0.3, -0.25) is 19.0 Å². The van der Waals surface area contributed by atoms with E-state index in [1.54, 1.807) is 12.1 Å². The Morgan fingerprint density at radius 1 is 0.815 bits per heavy atom. The van der Waals surface area contributed by atoms with E-state index >= 15 is 0 Å². The molecule has 2 aromatic carbocycles. The van der Waals surface area contributed by atoms with Crippen LogP contribution in [-0.4, -0.2) is 37.4 Å². The third-order valence-corrected chi connectivity index (χ3v) is 4.54. The van der Waals surface area contributed by atoms with Crippen LogP contribution in [0.4, 0.5) is 0 Å². The lowest BCUT2D eigenvalue weighted by atomic mass is 9.86. The molecule has 3 aromatic rings. The Hall–Kier alpha value is -3.87. The summed E-state index contributed by atoms with van der Waals surface area (Å²) in [4.78, 5) is 36.3. The number of rotatable bonds is 3. The van der Waals surface area contributed by atoms with E-state index in [2.05, 4.69) is 0 Å². The lowest BCUT2D eigenvalue weighted by molar-refractivity contribution is -0.136. The van der Waals surface area contributed by atoms with Gasteiger partial charge >= 0.3 is 5.97 Å². The minimum atomic E-state index is -0.987. The molecule has 0 fully saturated rings. The van der Waals surface area contributed by atoms with Crippen molar-refractivity contribution in [3.05, 3.63) is 76.3 Å². The van der Waals surface area contributed by atoms with E-state index in [0.29, 0.717) is 5.56 Å². The molecule has 0 spiro atoms. The zero-order valence-electron chi connectivity index (χ0n) is 13.8. The topological polar surface area (TPSA) is 117 Å². The van der Waals surface area contributed by atoms with Gasteiger partial charge in [0.15, 0.2) is 11.6 Å². The molecule has 0 atom stereocenters. The Morgan fingerprint density at radius 2 is 1.30 bits per heavy atom. The molecule has 0 radical (unpaired) electrons. The summed E-state index contributed by atoms with van der Waals surface area (Å²) in [5, 5.41) is 30.0. The first kappa shape index (κ1) is 16.6. The number of hydrogen-bond acceptors (Lipinski definition) is 5. The van der Waals surface area contributed by atoms with Crippen LogP contribution in [0.3, 0.4) is 0 Å². The number of aromatic hydroxyl groups is 2. The molecular weight excluding hydrogens is 350 g/mol. The number of hydrogen-bond donors (Lipinski definition) is 3. The summed E-state index contributed by atoms with van der Waals surface area (Å²) in [6, 6.07) is 12.3. The molecule has 134 valence electrons. The largest absolute Gasteiger partial charge is 0.494 e. The van der Waals surface area contributed by atoms with E-state index < -0.39 is 29.3 Å². The summed E-state index contributed by atoms with van der Waals surface area (Å²) in [6.07, 6.45) is -0.174. The minimum absolute atomic E-state index is 0.166. The fourth-order valence-corrected chi connectivity index (χ4v) is 3.31. The molecule has 27 heavy (non-hydrogen) atoms. The first-order chi connectivity index (χ1) is 12.9. The number of fused-ring (bicyclic) bond motifs is 2. The number of aliphatic carboxylic acids is 1. The average molecular weight is 363 g/mol. The molecule has 0 amide bonds. The predicted molar refractivity (Wildman–Crippen MR) is 93.7 cm³/mol. The van der Waals surface area contributed by atoms with Gasteiger partial charge in [0, 0.05) is 11.1 Å². The van der Waals surface area contributed by atoms with Crippen molar-refractivity contribution in [2.75, 3.05) is 0 Å². The highest BCUT2D eigenvalue weighted by Gasteiger charge is 2.38.